The van der Waals surface area contributed by atoms with E-state index in [-0.39, 0.29) is 12.2 Å². The number of carbonyl (C=O) groups excluding carboxylic acids is 1. The smallest absolute Gasteiger partial charge is 0.477 e. The van der Waals surface area contributed by atoms with Crippen molar-refractivity contribution in [1.82, 2.24) is 15.5 Å². The first-order valence-corrected chi connectivity index (χ1v) is 11.1. The molecule has 0 bridgehead atoms. The zero-order valence-corrected chi connectivity index (χ0v) is 20.7. The number of hydrogen-bond donors (Lipinski definition) is 3. The first-order chi connectivity index (χ1) is 15.7. The van der Waals surface area contributed by atoms with Crippen molar-refractivity contribution in [1.29, 1.82) is 0 Å². The highest BCUT2D eigenvalue weighted by atomic mass is 16.7. The van der Waals surface area contributed by atoms with Crippen molar-refractivity contribution in [3.05, 3.63) is 47.1 Å². The number of nitrogens with zero attached hydrogens (tertiary/aromatic N) is 1. The molecule has 0 unspecified atom stereocenters. The van der Waals surface area contributed by atoms with Crippen LogP contribution in [0.1, 0.15) is 64.5 Å². The van der Waals surface area contributed by atoms with Gasteiger partial charge in [-0.2, -0.15) is 5.10 Å². The summed E-state index contributed by atoms with van der Waals surface area (Å²) >= 11 is 0. The Morgan fingerprint density at radius 2 is 1.74 bits per heavy atom. The first kappa shape index (κ1) is 25.5. The van der Waals surface area contributed by atoms with Crippen LogP contribution in [-0.2, 0) is 14.0 Å². The third kappa shape index (κ3) is 6.06. The number of carboxylic acid groups (broad SMARTS) is 1. The molecule has 1 saturated heterocycles. The fourth-order valence-electron chi connectivity index (χ4n) is 3.23. The van der Waals surface area contributed by atoms with Gasteiger partial charge in [-0.1, -0.05) is 30.3 Å². The van der Waals surface area contributed by atoms with Crippen LogP contribution in [0.5, 0.6) is 0 Å². The summed E-state index contributed by atoms with van der Waals surface area (Å²) in [5, 5.41) is 18.4. The summed E-state index contributed by atoms with van der Waals surface area (Å²) in [5.74, 6) is -1.07. The topological polar surface area (TPSA) is 123 Å². The van der Waals surface area contributed by atoms with E-state index in [1.165, 1.54) is 6.07 Å². The van der Waals surface area contributed by atoms with Crippen LogP contribution >= 0.6 is 0 Å². The number of carboxylic acids is 1. The minimum absolute atomic E-state index is 0.0234. The molecule has 1 aliphatic heterocycles. The zero-order valence-electron chi connectivity index (χ0n) is 20.7. The number of benzene rings is 1. The van der Waals surface area contributed by atoms with Gasteiger partial charge in [0.2, 0.25) is 0 Å². The van der Waals surface area contributed by atoms with E-state index in [0.29, 0.717) is 5.69 Å². The predicted octanol–water partition coefficient (Wildman–Crippen LogP) is 4.31. The number of nitrogens with one attached hydrogen (secondary N) is 2. The summed E-state index contributed by atoms with van der Waals surface area (Å²) in [7, 11) is -0.649. The highest BCUT2D eigenvalue weighted by Crippen LogP contribution is 2.38. The molecule has 3 rings (SSSR count). The monoisotopic (exact) mass is 469 g/mol. The Morgan fingerprint density at radius 3 is 2.24 bits per heavy atom. The number of aromatic nitrogens is 2. The van der Waals surface area contributed by atoms with Gasteiger partial charge in [-0.05, 0) is 65.6 Å². The Morgan fingerprint density at radius 1 is 1.15 bits per heavy atom. The number of hydrogen-bond acceptors (Lipinski definition) is 6. The van der Waals surface area contributed by atoms with Gasteiger partial charge >= 0.3 is 19.2 Å². The van der Waals surface area contributed by atoms with Crippen molar-refractivity contribution in [3.8, 4) is 11.3 Å². The lowest BCUT2D eigenvalue weighted by Gasteiger charge is -2.32. The molecule has 9 nitrogen and oxygen atoms in total. The quantitative estimate of drug-likeness (QED) is 0.539. The van der Waals surface area contributed by atoms with E-state index >= 15 is 0 Å². The van der Waals surface area contributed by atoms with Crippen LogP contribution in [0.15, 0.2) is 35.8 Å². The molecule has 1 aromatic carbocycles. The van der Waals surface area contributed by atoms with Gasteiger partial charge in [0.25, 0.3) is 0 Å². The van der Waals surface area contributed by atoms with Crippen LogP contribution in [0, 0.1) is 0 Å². The molecule has 0 saturated carbocycles. The number of aromatic carboxylic acids is 1. The van der Waals surface area contributed by atoms with Gasteiger partial charge in [0.05, 0.1) is 16.9 Å². The molecule has 0 spiro atoms. The zero-order chi connectivity index (χ0) is 25.3. The number of rotatable bonds is 6. The van der Waals surface area contributed by atoms with Gasteiger partial charge in [-0.15, -0.1) is 0 Å². The second-order valence-electron chi connectivity index (χ2n) is 10.3. The molecule has 182 valence electrons. The number of amides is 1. The molecule has 1 amide bonds. The van der Waals surface area contributed by atoms with Crippen molar-refractivity contribution < 1.29 is 28.7 Å². The van der Waals surface area contributed by atoms with E-state index in [1.54, 1.807) is 20.8 Å². The first-order valence-electron chi connectivity index (χ1n) is 11.1. The van der Waals surface area contributed by atoms with Crippen LogP contribution in [0.4, 0.5) is 4.79 Å². The van der Waals surface area contributed by atoms with Crippen LogP contribution in [-0.4, -0.2) is 57.8 Å². The van der Waals surface area contributed by atoms with Crippen LogP contribution < -0.4 is 5.32 Å². The average molecular weight is 469 g/mol. The minimum atomic E-state index is -1.07. The molecule has 0 atom stereocenters. The summed E-state index contributed by atoms with van der Waals surface area (Å²) in [5.41, 5.74) is 1.23. The molecule has 2 aromatic rings. The predicted molar refractivity (Wildman–Crippen MR) is 129 cm³/mol. The number of ether oxygens (including phenoxy) is 1. The third-order valence-electron chi connectivity index (χ3n) is 5.76. The van der Waals surface area contributed by atoms with Gasteiger partial charge in [0.1, 0.15) is 11.3 Å². The standard InChI is InChI=1S/C24H32BN3O6/c1-22(2,3)32-21(31)26-14-17(25-33-23(4,5)24(6,7)34-25)12-15-8-10-16(11-9-15)18-13-19(20(29)30)28-27-18/h8-13H,14H2,1-7H3,(H,26,31)(H,27,28)(H,29,30). The molecule has 1 aromatic heterocycles. The normalized spacial score (nSPS) is 17.5. The molecule has 2 heterocycles. The van der Waals surface area contributed by atoms with E-state index < -0.39 is 36.0 Å². The minimum Gasteiger partial charge on any atom is -0.477 e. The van der Waals surface area contributed by atoms with Gasteiger partial charge < -0.3 is 24.5 Å². The maximum absolute atomic E-state index is 12.2. The fourth-order valence-corrected chi connectivity index (χ4v) is 3.23. The van der Waals surface area contributed by atoms with Gasteiger partial charge in [-0.3, -0.25) is 5.10 Å². The Hall–Kier alpha value is -3.11. The third-order valence-corrected chi connectivity index (χ3v) is 5.76. The van der Waals surface area contributed by atoms with E-state index in [4.69, 9.17) is 19.2 Å². The molecule has 1 fully saturated rings. The van der Waals surface area contributed by atoms with Crippen LogP contribution in [0.25, 0.3) is 17.3 Å². The maximum atomic E-state index is 12.2. The summed E-state index contributed by atoms with van der Waals surface area (Å²) in [6.07, 6.45) is 1.37. The lowest BCUT2D eigenvalue weighted by atomic mass is 9.77. The van der Waals surface area contributed by atoms with Crippen molar-refractivity contribution in [3.63, 3.8) is 0 Å². The van der Waals surface area contributed by atoms with Gasteiger partial charge in [-0.25, -0.2) is 9.59 Å². The van der Waals surface area contributed by atoms with Crippen molar-refractivity contribution in [2.45, 2.75) is 65.3 Å². The second-order valence-corrected chi connectivity index (χ2v) is 10.3. The maximum Gasteiger partial charge on any atom is 0.492 e. The van der Waals surface area contributed by atoms with Gasteiger partial charge in [0.15, 0.2) is 0 Å². The molecule has 10 heteroatoms. The van der Waals surface area contributed by atoms with Crippen LogP contribution in [0.3, 0.4) is 0 Å². The molecule has 34 heavy (non-hydrogen) atoms. The summed E-state index contributed by atoms with van der Waals surface area (Å²) in [6.45, 7) is 13.5. The van der Waals surface area contributed by atoms with E-state index in [0.717, 1.165) is 16.6 Å². The largest absolute Gasteiger partial charge is 0.492 e. The van der Waals surface area contributed by atoms with E-state index in [2.05, 4.69) is 15.5 Å². The van der Waals surface area contributed by atoms with Crippen LogP contribution in [0.2, 0.25) is 0 Å². The molecule has 0 radical (unpaired) electrons. The Bertz CT molecular complexity index is 1070. The van der Waals surface area contributed by atoms with E-state index in [9.17, 15) is 9.59 Å². The highest BCUT2D eigenvalue weighted by Gasteiger charge is 2.52. The van der Waals surface area contributed by atoms with Gasteiger partial charge in [0, 0.05) is 12.1 Å². The lowest BCUT2D eigenvalue weighted by Crippen LogP contribution is -2.41. The number of H-pyrrole nitrogens is 1. The van der Waals surface area contributed by atoms with E-state index in [1.807, 2.05) is 58.0 Å². The average Bonchev–Trinajstić information content (AvgIpc) is 3.27. The molecule has 3 N–H and O–H groups in total. The Balaban J connectivity index is 1.83. The Labute approximate surface area is 200 Å². The molecule has 1 aliphatic rings. The lowest BCUT2D eigenvalue weighted by molar-refractivity contribution is 0.00578. The Kier molecular flexibility index (Phi) is 6.96. The number of carbonyl (C=O) groups is 2. The summed E-state index contributed by atoms with van der Waals surface area (Å²) in [6, 6.07) is 8.92. The SMILES string of the molecule is CC(C)(C)OC(=O)NCC(=Cc1ccc(-c2cc(C(=O)O)[nH]n2)cc1)B1OC(C)(C)C(C)(C)O1. The second kappa shape index (κ2) is 9.27. The highest BCUT2D eigenvalue weighted by molar-refractivity contribution is 6.56. The summed E-state index contributed by atoms with van der Waals surface area (Å²) < 4.78 is 17.8. The molecular formula is C24H32BN3O6. The summed E-state index contributed by atoms with van der Waals surface area (Å²) in [4.78, 5) is 23.3. The van der Waals surface area contributed by atoms with Crippen molar-refractivity contribution >= 4 is 25.3 Å². The number of aromatic amines is 1. The van der Waals surface area contributed by atoms with Crippen molar-refractivity contribution in [2.24, 2.45) is 0 Å². The van der Waals surface area contributed by atoms with Crippen molar-refractivity contribution in [2.75, 3.05) is 6.54 Å². The molecule has 0 aliphatic carbocycles. The number of alkyl carbamates (subject to hydrolysis) is 1. The fraction of sp³-hybridized carbons (Fsp3) is 0.458. The molecular weight excluding hydrogens is 437 g/mol.